The van der Waals surface area contributed by atoms with Gasteiger partial charge in [-0.2, -0.15) is 0 Å². The third-order valence-electron chi connectivity index (χ3n) is 4.62. The molecule has 6 nitrogen and oxygen atoms in total. The number of hydrogen-bond acceptors (Lipinski definition) is 6. The highest BCUT2D eigenvalue weighted by Gasteiger charge is 2.52. The molecule has 0 aliphatic carbocycles. The molecule has 1 amide bonds. The number of carbonyl (C=O) groups excluding carboxylic acids is 1. The van der Waals surface area contributed by atoms with E-state index in [2.05, 4.69) is 6.92 Å². The lowest BCUT2D eigenvalue weighted by Gasteiger charge is -2.47. The molecule has 2 aliphatic heterocycles. The highest BCUT2D eigenvalue weighted by Crippen LogP contribution is 2.40. The van der Waals surface area contributed by atoms with E-state index in [-0.39, 0.29) is 11.3 Å². The fourth-order valence-corrected chi connectivity index (χ4v) is 4.34. The molecule has 2 aliphatic rings. The maximum Gasteiger partial charge on any atom is 0.248 e. The van der Waals surface area contributed by atoms with Gasteiger partial charge in [-0.05, 0) is 38.1 Å². The molecule has 7 heteroatoms. The molecule has 25 heavy (non-hydrogen) atoms. The average Bonchev–Trinajstić information content (AvgIpc) is 3.05. The summed E-state index contributed by atoms with van der Waals surface area (Å²) in [6.07, 6.45) is 1.98. The first kappa shape index (κ1) is 16.4. The minimum absolute atomic E-state index is 0.119. The Balaban J connectivity index is 1.47. The van der Waals surface area contributed by atoms with Crippen molar-refractivity contribution in [2.45, 2.75) is 24.8 Å². The van der Waals surface area contributed by atoms with Crippen LogP contribution in [-0.4, -0.2) is 41.5 Å². The predicted octanol–water partition coefficient (Wildman–Crippen LogP) is 2.61. The van der Waals surface area contributed by atoms with Crippen LogP contribution in [0, 0.1) is 6.92 Å². The number of thioether (sulfide) groups is 1. The number of fused-ring (bicyclic) bond motifs is 1. The second-order valence-corrected chi connectivity index (χ2v) is 7.90. The summed E-state index contributed by atoms with van der Waals surface area (Å²) in [5, 5.41) is 1.14. The van der Waals surface area contributed by atoms with Gasteiger partial charge in [-0.25, -0.2) is 0 Å². The van der Waals surface area contributed by atoms with Gasteiger partial charge in [0.15, 0.2) is 5.54 Å². The van der Waals surface area contributed by atoms with Crippen molar-refractivity contribution in [1.29, 1.82) is 0 Å². The number of amides is 1. The van der Waals surface area contributed by atoms with Crippen LogP contribution in [-0.2, 0) is 9.53 Å². The molecule has 0 radical (unpaired) electrons. The normalized spacial score (nSPS) is 21.9. The van der Waals surface area contributed by atoms with Gasteiger partial charge in [0.25, 0.3) is 0 Å². The molecule has 3 heterocycles. The Labute approximate surface area is 149 Å². The molecule has 4 rings (SSSR count). The minimum atomic E-state index is -0.721. The van der Waals surface area contributed by atoms with Gasteiger partial charge >= 0.3 is 0 Å². The quantitative estimate of drug-likeness (QED) is 0.883. The fraction of sp³-hybridized carbons (Fsp3) is 0.389. The second kappa shape index (κ2) is 6.00. The first-order valence-electron chi connectivity index (χ1n) is 8.14. The molecule has 1 unspecified atom stereocenters. The van der Waals surface area contributed by atoms with Crippen LogP contribution in [0.3, 0.4) is 0 Å². The number of furan rings is 1. The van der Waals surface area contributed by atoms with Crippen LogP contribution >= 0.6 is 11.8 Å². The first-order valence-corrected chi connectivity index (χ1v) is 9.02. The highest BCUT2D eigenvalue weighted by molar-refractivity contribution is 8.03. The topological polar surface area (TPSA) is 77.9 Å². The van der Waals surface area contributed by atoms with Crippen molar-refractivity contribution in [3.63, 3.8) is 0 Å². The van der Waals surface area contributed by atoms with Crippen molar-refractivity contribution in [3.8, 4) is 5.75 Å². The Morgan fingerprint density at radius 1 is 1.44 bits per heavy atom. The van der Waals surface area contributed by atoms with E-state index < -0.39 is 5.54 Å². The number of nitrogens with two attached hydrogens (primary N) is 1. The molecule has 0 saturated carbocycles. The van der Waals surface area contributed by atoms with Crippen LogP contribution in [0.5, 0.6) is 5.75 Å². The zero-order valence-electron chi connectivity index (χ0n) is 14.2. The molecule has 132 valence electrons. The molecule has 0 bridgehead atoms. The molecule has 1 aromatic heterocycles. The van der Waals surface area contributed by atoms with E-state index in [1.54, 1.807) is 11.8 Å². The van der Waals surface area contributed by atoms with E-state index in [1.807, 2.05) is 42.3 Å². The van der Waals surface area contributed by atoms with Gasteiger partial charge in [-0.3, -0.25) is 4.79 Å². The van der Waals surface area contributed by atoms with Crippen molar-refractivity contribution >= 4 is 28.6 Å². The van der Waals surface area contributed by atoms with Crippen molar-refractivity contribution in [3.05, 3.63) is 41.1 Å². The van der Waals surface area contributed by atoms with Gasteiger partial charge < -0.3 is 24.5 Å². The first-order chi connectivity index (χ1) is 12.0. The number of carbonyl (C=O) groups is 1. The number of primary amides is 1. The smallest absolute Gasteiger partial charge is 0.248 e. The van der Waals surface area contributed by atoms with Crippen LogP contribution in [0.4, 0.5) is 0 Å². The van der Waals surface area contributed by atoms with Crippen molar-refractivity contribution in [1.82, 2.24) is 4.90 Å². The summed E-state index contributed by atoms with van der Waals surface area (Å²) < 4.78 is 16.7. The van der Waals surface area contributed by atoms with Gasteiger partial charge in [-0.15, -0.1) is 11.8 Å². The van der Waals surface area contributed by atoms with Crippen molar-refractivity contribution in [2.24, 2.45) is 5.73 Å². The summed E-state index contributed by atoms with van der Waals surface area (Å²) in [6.45, 7) is 5.11. The number of rotatable bonds is 5. The summed E-state index contributed by atoms with van der Waals surface area (Å²) in [5.41, 5.74) is 5.73. The lowest BCUT2D eigenvalue weighted by atomic mass is 9.94. The molecule has 2 aromatic rings. The number of hydrogen-bond donors (Lipinski definition) is 1. The fourth-order valence-electron chi connectivity index (χ4n) is 3.22. The molecular weight excluding hydrogens is 340 g/mol. The van der Waals surface area contributed by atoms with Gasteiger partial charge in [0.1, 0.15) is 23.7 Å². The Hall–Kier alpha value is -2.12. The van der Waals surface area contributed by atoms with E-state index in [4.69, 9.17) is 19.6 Å². The summed E-state index contributed by atoms with van der Waals surface area (Å²) in [5.74, 6) is 1.33. The van der Waals surface area contributed by atoms with E-state index in [9.17, 15) is 4.79 Å². The van der Waals surface area contributed by atoms with Gasteiger partial charge in [0.2, 0.25) is 5.91 Å². The third kappa shape index (κ3) is 2.77. The zero-order valence-corrected chi connectivity index (χ0v) is 15.0. The van der Waals surface area contributed by atoms with E-state index in [1.165, 1.54) is 0 Å². The average molecular weight is 360 g/mol. The number of aryl methyl sites for hydroxylation is 1. The summed E-state index contributed by atoms with van der Waals surface area (Å²) in [6, 6.07) is 7.77. The molecule has 1 aromatic carbocycles. The zero-order chi connectivity index (χ0) is 17.6. The second-order valence-electron chi connectivity index (χ2n) is 6.45. The molecule has 1 atom stereocenters. The molecule has 1 fully saturated rings. The Morgan fingerprint density at radius 3 is 2.92 bits per heavy atom. The lowest BCUT2D eigenvalue weighted by Crippen LogP contribution is -2.68. The predicted molar refractivity (Wildman–Crippen MR) is 96.2 cm³/mol. The van der Waals surface area contributed by atoms with E-state index >= 15 is 0 Å². The van der Waals surface area contributed by atoms with Gasteiger partial charge in [0, 0.05) is 16.5 Å². The van der Waals surface area contributed by atoms with Crippen LogP contribution in [0.1, 0.15) is 12.7 Å². The summed E-state index contributed by atoms with van der Waals surface area (Å²) >= 11 is 1.67. The SMILES string of the molecule is Cc1cc2cc(OCC3=CN(C4(C(N)=O)COC4)C(C)S3)ccc2o1. The maximum atomic E-state index is 11.9. The van der Waals surface area contributed by atoms with Crippen LogP contribution in [0.15, 0.2) is 39.8 Å². The van der Waals surface area contributed by atoms with Crippen molar-refractivity contribution < 1.29 is 18.7 Å². The monoisotopic (exact) mass is 360 g/mol. The Morgan fingerprint density at radius 2 is 2.24 bits per heavy atom. The van der Waals surface area contributed by atoms with E-state index in [0.717, 1.165) is 27.4 Å². The summed E-state index contributed by atoms with van der Waals surface area (Å²) in [4.78, 5) is 14.9. The lowest BCUT2D eigenvalue weighted by molar-refractivity contribution is -0.161. The van der Waals surface area contributed by atoms with Crippen LogP contribution in [0.25, 0.3) is 11.0 Å². The van der Waals surface area contributed by atoms with Crippen LogP contribution < -0.4 is 10.5 Å². The van der Waals surface area contributed by atoms with Gasteiger partial charge in [-0.1, -0.05) is 0 Å². The number of ether oxygens (including phenoxy) is 2. The standard InChI is InChI=1S/C18H20N2O4S/c1-11-5-13-6-14(3-4-16(13)24-11)23-8-15-7-20(12(2)25-15)18(17(19)21)9-22-10-18/h3-7,12H,8-10H2,1-2H3,(H2,19,21). The third-order valence-corrected chi connectivity index (χ3v) is 5.72. The number of nitrogens with zero attached hydrogens (tertiary/aromatic N) is 1. The number of benzene rings is 1. The van der Waals surface area contributed by atoms with Gasteiger partial charge in [0.05, 0.1) is 18.6 Å². The molecule has 0 spiro atoms. The molecule has 2 N–H and O–H groups in total. The molecular formula is C18H20N2O4S. The molecule has 1 saturated heterocycles. The Kier molecular flexibility index (Phi) is 3.92. The van der Waals surface area contributed by atoms with E-state index in [0.29, 0.717) is 19.8 Å². The highest BCUT2D eigenvalue weighted by atomic mass is 32.2. The summed E-state index contributed by atoms with van der Waals surface area (Å²) in [7, 11) is 0. The van der Waals surface area contributed by atoms with Crippen LogP contribution in [0.2, 0.25) is 0 Å². The maximum absolute atomic E-state index is 11.9. The minimum Gasteiger partial charge on any atom is -0.488 e. The van der Waals surface area contributed by atoms with Crippen molar-refractivity contribution in [2.75, 3.05) is 19.8 Å². The Bertz CT molecular complexity index is 856. The largest absolute Gasteiger partial charge is 0.488 e.